The largest absolute Gasteiger partial charge is 0.278 e. The molecular formula is C12H21N3S. The maximum atomic E-state index is 5.68. The molecule has 1 aromatic rings. The number of hydrogen-bond acceptors (Lipinski definition) is 4. The minimum Gasteiger partial charge on any atom is -0.278 e. The molecule has 0 aliphatic rings. The second-order valence-corrected chi connectivity index (χ2v) is 5.68. The van der Waals surface area contributed by atoms with Gasteiger partial charge >= 0.3 is 0 Å². The Hall–Kier alpha value is -0.610. The van der Waals surface area contributed by atoms with E-state index in [1.807, 2.05) is 19.3 Å². The van der Waals surface area contributed by atoms with Crippen molar-refractivity contribution in [1.29, 1.82) is 0 Å². The molecule has 3 nitrogen and oxygen atoms in total. The van der Waals surface area contributed by atoms with Gasteiger partial charge < -0.3 is 0 Å². The van der Waals surface area contributed by atoms with Crippen LogP contribution >= 0.6 is 11.9 Å². The quantitative estimate of drug-likeness (QED) is 0.803. The number of nitrogens with two attached hydrogens (primary N) is 1. The first-order valence-electron chi connectivity index (χ1n) is 5.68. The average molecular weight is 239 g/mol. The van der Waals surface area contributed by atoms with E-state index in [9.17, 15) is 0 Å². The van der Waals surface area contributed by atoms with Gasteiger partial charge in [-0.1, -0.05) is 32.7 Å². The van der Waals surface area contributed by atoms with Crippen LogP contribution in [0.5, 0.6) is 0 Å². The van der Waals surface area contributed by atoms with Crippen LogP contribution in [-0.2, 0) is 0 Å². The summed E-state index contributed by atoms with van der Waals surface area (Å²) in [5.74, 6) is 1.03. The van der Waals surface area contributed by atoms with E-state index in [1.54, 1.807) is 0 Å². The lowest BCUT2D eigenvalue weighted by molar-refractivity contribution is 0.487. The fourth-order valence-electron chi connectivity index (χ4n) is 1.75. The van der Waals surface area contributed by atoms with Crippen LogP contribution in [0.15, 0.2) is 12.4 Å². The van der Waals surface area contributed by atoms with Gasteiger partial charge in [0.05, 0.1) is 11.4 Å². The van der Waals surface area contributed by atoms with E-state index >= 15 is 0 Å². The Labute approximate surface area is 102 Å². The van der Waals surface area contributed by atoms with Gasteiger partial charge in [-0.05, 0) is 19.3 Å². The van der Waals surface area contributed by atoms with Crippen molar-refractivity contribution < 1.29 is 0 Å². The van der Waals surface area contributed by atoms with Gasteiger partial charge in [0.25, 0.3) is 0 Å². The summed E-state index contributed by atoms with van der Waals surface area (Å²) in [5, 5.41) is 6.06. The van der Waals surface area contributed by atoms with Crippen LogP contribution < -0.4 is 5.14 Å². The summed E-state index contributed by atoms with van der Waals surface area (Å²) in [7, 11) is 0. The van der Waals surface area contributed by atoms with Crippen molar-refractivity contribution in [2.45, 2.75) is 45.3 Å². The molecule has 1 unspecified atom stereocenters. The molecule has 0 bridgehead atoms. The molecule has 0 amide bonds. The fraction of sp³-hybridized carbons (Fsp3) is 0.667. The monoisotopic (exact) mass is 239 g/mol. The molecule has 90 valence electrons. The average Bonchev–Trinajstić information content (AvgIpc) is 2.26. The highest BCUT2D eigenvalue weighted by Gasteiger charge is 2.21. The smallest absolute Gasteiger partial charge is 0.0629 e. The molecule has 16 heavy (non-hydrogen) atoms. The van der Waals surface area contributed by atoms with Crippen molar-refractivity contribution in [1.82, 2.24) is 9.97 Å². The maximum Gasteiger partial charge on any atom is 0.0629 e. The van der Waals surface area contributed by atoms with Crippen molar-refractivity contribution in [3.05, 3.63) is 23.8 Å². The second kappa shape index (κ2) is 6.21. The van der Waals surface area contributed by atoms with Crippen LogP contribution in [0.2, 0.25) is 0 Å². The molecule has 0 saturated carbocycles. The van der Waals surface area contributed by atoms with Crippen LogP contribution in [0.4, 0.5) is 0 Å². The fourth-order valence-corrected chi connectivity index (χ4v) is 2.19. The zero-order chi connectivity index (χ0) is 12.1. The SMILES string of the molecule is Cc1cnc(C(CC(C)C)[C@@H](C)SN)cn1. The summed E-state index contributed by atoms with van der Waals surface area (Å²) in [6.45, 7) is 8.56. The molecule has 2 atom stereocenters. The summed E-state index contributed by atoms with van der Waals surface area (Å²) in [6.07, 6.45) is 4.81. The first-order valence-corrected chi connectivity index (χ1v) is 6.63. The molecule has 0 aromatic carbocycles. The lowest BCUT2D eigenvalue weighted by Gasteiger charge is -2.23. The standard InChI is InChI=1S/C12H21N3S/c1-8(2)5-11(10(4)16-13)12-7-14-9(3)6-15-12/h6-8,10-11H,5,13H2,1-4H3/t10-,11?/m1/s1. The Bertz CT molecular complexity index is 311. The number of aryl methyl sites for hydroxylation is 1. The van der Waals surface area contributed by atoms with Gasteiger partial charge in [-0.3, -0.25) is 15.1 Å². The van der Waals surface area contributed by atoms with Crippen LogP contribution in [0.1, 0.15) is 44.5 Å². The molecule has 0 fully saturated rings. The lowest BCUT2D eigenvalue weighted by Crippen LogP contribution is -2.17. The van der Waals surface area contributed by atoms with Gasteiger partial charge in [0.2, 0.25) is 0 Å². The van der Waals surface area contributed by atoms with E-state index in [4.69, 9.17) is 5.14 Å². The first kappa shape index (κ1) is 13.5. The van der Waals surface area contributed by atoms with Crippen molar-refractivity contribution >= 4 is 11.9 Å². The van der Waals surface area contributed by atoms with Gasteiger partial charge in [0.1, 0.15) is 0 Å². The van der Waals surface area contributed by atoms with Crippen LogP contribution in [0.3, 0.4) is 0 Å². The summed E-state index contributed by atoms with van der Waals surface area (Å²) in [5.41, 5.74) is 2.02. The van der Waals surface area contributed by atoms with Crippen molar-refractivity contribution in [3.8, 4) is 0 Å². The van der Waals surface area contributed by atoms with Crippen LogP contribution in [0, 0.1) is 12.8 Å². The predicted molar refractivity (Wildman–Crippen MR) is 70.2 cm³/mol. The number of aromatic nitrogens is 2. The molecule has 0 spiro atoms. The topological polar surface area (TPSA) is 51.8 Å². The minimum atomic E-state index is 0.374. The van der Waals surface area contributed by atoms with Gasteiger partial charge in [-0.25, -0.2) is 0 Å². The van der Waals surface area contributed by atoms with Crippen molar-refractivity contribution in [2.24, 2.45) is 11.1 Å². The Kier molecular flexibility index (Phi) is 5.22. The zero-order valence-corrected chi connectivity index (χ0v) is 11.3. The van der Waals surface area contributed by atoms with Gasteiger partial charge in [0.15, 0.2) is 0 Å². The first-order chi connectivity index (χ1) is 7.54. The van der Waals surface area contributed by atoms with E-state index in [0.717, 1.165) is 17.8 Å². The van der Waals surface area contributed by atoms with Crippen molar-refractivity contribution in [3.63, 3.8) is 0 Å². The van der Waals surface area contributed by atoms with E-state index in [-0.39, 0.29) is 0 Å². The molecule has 1 aromatic heterocycles. The normalized spacial score (nSPS) is 15.1. The molecule has 2 N–H and O–H groups in total. The Balaban J connectivity index is 2.87. The number of nitrogens with zero attached hydrogens (tertiary/aromatic N) is 2. The highest BCUT2D eigenvalue weighted by atomic mass is 32.2. The summed E-state index contributed by atoms with van der Waals surface area (Å²) >= 11 is 1.41. The predicted octanol–water partition coefficient (Wildman–Crippen LogP) is 2.91. The van der Waals surface area contributed by atoms with E-state index in [2.05, 4.69) is 30.7 Å². The number of rotatable bonds is 5. The maximum absolute atomic E-state index is 5.68. The van der Waals surface area contributed by atoms with Crippen LogP contribution in [0.25, 0.3) is 0 Å². The Morgan fingerprint density at radius 1 is 1.25 bits per heavy atom. The van der Waals surface area contributed by atoms with Gasteiger partial charge in [-0.15, -0.1) is 0 Å². The molecule has 4 heteroatoms. The Morgan fingerprint density at radius 3 is 2.38 bits per heavy atom. The highest BCUT2D eigenvalue weighted by Crippen LogP contribution is 2.30. The molecule has 1 heterocycles. The molecule has 0 aliphatic heterocycles. The molecule has 0 saturated heterocycles. The third-order valence-corrected chi connectivity index (χ3v) is 3.45. The third kappa shape index (κ3) is 3.76. The van der Waals surface area contributed by atoms with Crippen molar-refractivity contribution in [2.75, 3.05) is 0 Å². The lowest BCUT2D eigenvalue weighted by atomic mass is 9.92. The summed E-state index contributed by atoms with van der Waals surface area (Å²) in [4.78, 5) is 8.78. The van der Waals surface area contributed by atoms with Crippen LogP contribution in [-0.4, -0.2) is 15.2 Å². The summed E-state index contributed by atoms with van der Waals surface area (Å²) < 4.78 is 0. The van der Waals surface area contributed by atoms with E-state index in [1.165, 1.54) is 11.9 Å². The molecular weight excluding hydrogens is 218 g/mol. The molecule has 0 aliphatic carbocycles. The molecule has 0 radical (unpaired) electrons. The second-order valence-electron chi connectivity index (χ2n) is 4.66. The highest BCUT2D eigenvalue weighted by molar-refractivity contribution is 7.97. The number of hydrogen-bond donors (Lipinski definition) is 1. The minimum absolute atomic E-state index is 0.374. The third-order valence-electron chi connectivity index (χ3n) is 2.69. The van der Waals surface area contributed by atoms with Gasteiger partial charge in [0, 0.05) is 23.6 Å². The zero-order valence-electron chi connectivity index (χ0n) is 10.5. The Morgan fingerprint density at radius 2 is 1.94 bits per heavy atom. The molecule has 1 rings (SSSR count). The summed E-state index contributed by atoms with van der Waals surface area (Å²) in [6, 6.07) is 0. The van der Waals surface area contributed by atoms with E-state index in [0.29, 0.717) is 17.1 Å². The van der Waals surface area contributed by atoms with E-state index < -0.39 is 0 Å². The van der Waals surface area contributed by atoms with Gasteiger partial charge in [-0.2, -0.15) is 0 Å².